The number of aliphatic imine (C=N–C) groups is 1. The van der Waals surface area contributed by atoms with Gasteiger partial charge in [-0.2, -0.15) is 0 Å². The largest absolute Gasteiger partial charge is 0.370 e. The zero-order chi connectivity index (χ0) is 31.0. The van der Waals surface area contributed by atoms with E-state index >= 15 is 0 Å². The van der Waals surface area contributed by atoms with E-state index in [2.05, 4.69) is 20.0 Å². The first-order valence-corrected chi connectivity index (χ1v) is 16.6. The maximum atomic E-state index is 13.8. The van der Waals surface area contributed by atoms with E-state index in [4.69, 9.17) is 11.5 Å². The minimum Gasteiger partial charge on any atom is -0.370 e. The summed E-state index contributed by atoms with van der Waals surface area (Å²) < 4.78 is 28.4. The number of rotatable bonds is 14. The molecule has 0 bridgehead atoms. The summed E-state index contributed by atoms with van der Waals surface area (Å²) in [6.07, 6.45) is 1.75. The molecule has 43 heavy (non-hydrogen) atoms. The molecule has 14 heteroatoms. The molecule has 0 spiro atoms. The fraction of sp³-hybridized carbons (Fsp3) is 0.414. The molecule has 2 heterocycles. The number of thiazole rings is 1. The van der Waals surface area contributed by atoms with Gasteiger partial charge in [-0.3, -0.25) is 19.4 Å². The van der Waals surface area contributed by atoms with Gasteiger partial charge in [0.05, 0.1) is 22.0 Å². The molecule has 1 aliphatic heterocycles. The summed E-state index contributed by atoms with van der Waals surface area (Å²) in [5.41, 5.74) is 12.3. The van der Waals surface area contributed by atoms with Crippen molar-refractivity contribution in [3.8, 4) is 0 Å². The van der Waals surface area contributed by atoms with Gasteiger partial charge in [-0.05, 0) is 56.7 Å². The molecule has 12 nitrogen and oxygen atoms in total. The van der Waals surface area contributed by atoms with Crippen LogP contribution in [-0.2, 0) is 26.0 Å². The number of aromatic nitrogens is 1. The van der Waals surface area contributed by atoms with Crippen molar-refractivity contribution in [2.24, 2.45) is 16.5 Å². The molecule has 4 rings (SSSR count). The zero-order valence-electron chi connectivity index (χ0n) is 23.9. The molecule has 1 saturated heterocycles. The van der Waals surface area contributed by atoms with Crippen molar-refractivity contribution >= 4 is 55.1 Å². The average molecular weight is 628 g/mol. The molecule has 1 aromatic heterocycles. The maximum absolute atomic E-state index is 13.8. The van der Waals surface area contributed by atoms with Crippen LogP contribution in [0.5, 0.6) is 0 Å². The van der Waals surface area contributed by atoms with Crippen molar-refractivity contribution in [1.29, 1.82) is 0 Å². The second-order valence-corrected chi connectivity index (χ2v) is 13.4. The number of fused-ring (bicyclic) bond motifs is 1. The molecule has 1 unspecified atom stereocenters. The Labute approximate surface area is 255 Å². The summed E-state index contributed by atoms with van der Waals surface area (Å²) in [6, 6.07) is 13.6. The Morgan fingerprint density at radius 1 is 1.09 bits per heavy atom. The Balaban J connectivity index is 1.53. The van der Waals surface area contributed by atoms with Crippen molar-refractivity contribution in [3.63, 3.8) is 0 Å². The summed E-state index contributed by atoms with van der Waals surface area (Å²) in [7, 11) is -3.72. The lowest BCUT2D eigenvalue weighted by atomic mass is 10.0. The second-order valence-electron chi connectivity index (χ2n) is 10.3. The number of nitrogens with one attached hydrogen (secondary N) is 2. The Kier molecular flexibility index (Phi) is 10.8. The number of likely N-dealkylation sites (tertiary alicyclic amines) is 1. The van der Waals surface area contributed by atoms with Crippen LogP contribution in [0.2, 0.25) is 0 Å². The number of hydrogen-bond donors (Lipinski definition) is 4. The number of carbonyl (C=O) groups excluding carboxylic acids is 3. The van der Waals surface area contributed by atoms with Crippen LogP contribution in [0.4, 0.5) is 0 Å². The van der Waals surface area contributed by atoms with Gasteiger partial charge in [-0.1, -0.05) is 42.5 Å². The minimum absolute atomic E-state index is 0.0676. The summed E-state index contributed by atoms with van der Waals surface area (Å²) in [5.74, 6) is -1.57. The van der Waals surface area contributed by atoms with Crippen molar-refractivity contribution in [1.82, 2.24) is 19.9 Å². The molecular formula is C29H37N7O5S2. The number of amides is 2. The predicted octanol–water partition coefficient (Wildman–Crippen LogP) is 1.56. The highest BCUT2D eigenvalue weighted by molar-refractivity contribution is 7.89. The van der Waals surface area contributed by atoms with Crippen LogP contribution >= 0.6 is 11.3 Å². The first-order chi connectivity index (χ1) is 20.6. The molecule has 2 aromatic carbocycles. The SMILES string of the molecule is CCS(=O)(=O)N[C@H](Cc1ccccc1)C(=O)N1CCC[C@H]1C(=O)NC(CCCN=C(N)N)C(=O)c1nc2ccccc2s1. The Morgan fingerprint density at radius 2 is 1.81 bits per heavy atom. The number of Topliss-reactive ketones (excluding diaryl/α,β-unsaturated/α-hetero) is 1. The molecule has 0 saturated carbocycles. The smallest absolute Gasteiger partial charge is 0.243 e. The number of ketones is 1. The molecule has 1 fully saturated rings. The predicted molar refractivity (Wildman–Crippen MR) is 167 cm³/mol. The van der Waals surface area contributed by atoms with E-state index in [0.29, 0.717) is 24.8 Å². The van der Waals surface area contributed by atoms with Crippen molar-refractivity contribution in [2.75, 3.05) is 18.8 Å². The highest BCUT2D eigenvalue weighted by Gasteiger charge is 2.39. The fourth-order valence-electron chi connectivity index (χ4n) is 5.00. The number of guanidine groups is 1. The lowest BCUT2D eigenvalue weighted by Crippen LogP contribution is -2.56. The number of nitrogens with zero attached hydrogens (tertiary/aromatic N) is 3. The van der Waals surface area contributed by atoms with Crippen LogP contribution in [0.1, 0.15) is 48.0 Å². The van der Waals surface area contributed by atoms with Crippen LogP contribution < -0.4 is 21.5 Å². The minimum atomic E-state index is -3.72. The second kappa shape index (κ2) is 14.5. The van der Waals surface area contributed by atoms with Gasteiger partial charge in [-0.25, -0.2) is 18.1 Å². The van der Waals surface area contributed by atoms with Gasteiger partial charge in [0, 0.05) is 13.1 Å². The topological polar surface area (TPSA) is 190 Å². The van der Waals surface area contributed by atoms with E-state index < -0.39 is 40.0 Å². The quantitative estimate of drug-likeness (QED) is 0.0896. The molecule has 1 aliphatic rings. The van der Waals surface area contributed by atoms with Crippen LogP contribution in [0.15, 0.2) is 59.6 Å². The molecule has 0 radical (unpaired) electrons. The lowest BCUT2D eigenvalue weighted by Gasteiger charge is -2.29. The third kappa shape index (κ3) is 8.58. The summed E-state index contributed by atoms with van der Waals surface area (Å²) in [5, 5.41) is 3.13. The van der Waals surface area contributed by atoms with Gasteiger partial charge in [0.15, 0.2) is 11.0 Å². The number of para-hydroxylation sites is 1. The van der Waals surface area contributed by atoms with Crippen LogP contribution in [0.25, 0.3) is 10.2 Å². The Bertz CT molecular complexity index is 1540. The third-order valence-corrected chi connectivity index (χ3v) is 9.66. The Morgan fingerprint density at radius 3 is 2.51 bits per heavy atom. The summed E-state index contributed by atoms with van der Waals surface area (Å²) in [4.78, 5) is 50.9. The van der Waals surface area contributed by atoms with E-state index in [0.717, 1.165) is 10.3 Å². The Hall–Kier alpha value is -3.88. The fourth-order valence-corrected chi connectivity index (χ4v) is 6.74. The number of sulfonamides is 1. The molecule has 6 N–H and O–H groups in total. The van der Waals surface area contributed by atoms with Crippen LogP contribution in [-0.4, -0.2) is 78.8 Å². The number of carbonyl (C=O) groups is 3. The highest BCUT2D eigenvalue weighted by atomic mass is 32.2. The van der Waals surface area contributed by atoms with E-state index in [1.807, 2.05) is 54.6 Å². The maximum Gasteiger partial charge on any atom is 0.243 e. The number of nitrogens with two attached hydrogens (primary N) is 2. The van der Waals surface area contributed by atoms with Gasteiger partial charge < -0.3 is 21.7 Å². The third-order valence-electron chi connectivity index (χ3n) is 7.20. The summed E-state index contributed by atoms with van der Waals surface area (Å²) in [6.45, 7) is 2.06. The van der Waals surface area contributed by atoms with Crippen molar-refractivity contribution < 1.29 is 22.8 Å². The highest BCUT2D eigenvalue weighted by Crippen LogP contribution is 2.24. The molecular weight excluding hydrogens is 590 g/mol. The van der Waals surface area contributed by atoms with E-state index in [1.54, 1.807) is 0 Å². The van der Waals surface area contributed by atoms with Crippen LogP contribution in [0, 0.1) is 0 Å². The van der Waals surface area contributed by atoms with E-state index in [-0.39, 0.29) is 48.4 Å². The number of hydrogen-bond acceptors (Lipinski definition) is 8. The first-order valence-electron chi connectivity index (χ1n) is 14.2. The van der Waals surface area contributed by atoms with Gasteiger partial charge in [0.25, 0.3) is 0 Å². The van der Waals surface area contributed by atoms with Gasteiger partial charge in [-0.15, -0.1) is 11.3 Å². The number of benzene rings is 2. The molecule has 3 aromatic rings. The first kappa shape index (κ1) is 32.0. The molecule has 230 valence electrons. The van der Waals surface area contributed by atoms with Crippen LogP contribution in [0.3, 0.4) is 0 Å². The van der Waals surface area contributed by atoms with E-state index in [1.165, 1.54) is 23.2 Å². The monoisotopic (exact) mass is 627 g/mol. The van der Waals surface area contributed by atoms with Crippen molar-refractivity contribution in [3.05, 3.63) is 65.2 Å². The van der Waals surface area contributed by atoms with Gasteiger partial charge >= 0.3 is 0 Å². The summed E-state index contributed by atoms with van der Waals surface area (Å²) >= 11 is 1.25. The zero-order valence-corrected chi connectivity index (χ0v) is 25.6. The molecule has 3 atom stereocenters. The lowest BCUT2D eigenvalue weighted by molar-refractivity contribution is -0.139. The van der Waals surface area contributed by atoms with Gasteiger partial charge in [0.1, 0.15) is 12.1 Å². The standard InChI is InChI=1S/C29H37N7O5S2/c1-2-43(40,41)35-22(18-19-10-4-3-5-11-19)28(39)36-17-9-14-23(36)26(38)33-21(13-8-16-32-29(30)31)25(37)27-34-20-12-6-7-15-24(20)42-27/h3-7,10-12,15,21-23,35H,2,8-9,13-14,16-18H2,1H3,(H,33,38)(H4,30,31,32)/t21?,22-,23+/m1/s1. The van der Waals surface area contributed by atoms with Gasteiger partial charge in [0.2, 0.25) is 27.6 Å². The molecule has 0 aliphatic carbocycles. The molecule has 2 amide bonds. The average Bonchev–Trinajstić information content (AvgIpc) is 3.66. The normalized spacial score (nSPS) is 16.5. The van der Waals surface area contributed by atoms with Crippen molar-refractivity contribution in [2.45, 2.75) is 57.2 Å². The van der Waals surface area contributed by atoms with E-state index in [9.17, 15) is 22.8 Å².